The van der Waals surface area contributed by atoms with Gasteiger partial charge in [-0.2, -0.15) is 0 Å². The Morgan fingerprint density at radius 3 is 2.06 bits per heavy atom. The van der Waals surface area contributed by atoms with E-state index in [1.807, 2.05) is 13.8 Å². The van der Waals surface area contributed by atoms with Crippen LogP contribution in [-0.2, 0) is 9.59 Å². The van der Waals surface area contributed by atoms with Crippen LogP contribution in [0.2, 0.25) is 0 Å². The number of rotatable bonds is 7. The van der Waals surface area contributed by atoms with Gasteiger partial charge in [-0.25, -0.2) is 4.79 Å². The minimum atomic E-state index is -0.971. The average molecular weight is 245 g/mol. The quantitative estimate of drug-likeness (QED) is 0.492. The van der Waals surface area contributed by atoms with E-state index >= 15 is 0 Å². The van der Waals surface area contributed by atoms with Crippen LogP contribution >= 0.6 is 0 Å². The molecule has 0 saturated carbocycles. The number of amides is 3. The molecule has 0 aromatic heterocycles. The van der Waals surface area contributed by atoms with Gasteiger partial charge in [-0.1, -0.05) is 0 Å². The third-order valence-corrected chi connectivity index (χ3v) is 1.71. The van der Waals surface area contributed by atoms with Crippen molar-refractivity contribution >= 4 is 17.9 Å². The summed E-state index contributed by atoms with van der Waals surface area (Å²) in [5.74, 6) is -1.10. The van der Waals surface area contributed by atoms with Crippen molar-refractivity contribution in [3.63, 3.8) is 0 Å². The minimum Gasteiger partial charge on any atom is -0.481 e. The first-order valence-electron chi connectivity index (χ1n) is 5.44. The van der Waals surface area contributed by atoms with Crippen LogP contribution in [0, 0.1) is 0 Å². The van der Waals surface area contributed by atoms with Gasteiger partial charge >= 0.3 is 12.0 Å². The number of hydrogen-bond donors (Lipinski definition) is 4. The Kier molecular flexibility index (Phi) is 7.49. The van der Waals surface area contributed by atoms with Crippen molar-refractivity contribution in [2.45, 2.75) is 32.7 Å². The standard InChI is InChI=1S/C10H19N3O4/c1-7(2)13-8(14)3-5-11-10(17)12-6-4-9(15)16/h7H,3-6H2,1-2H3,(H,13,14)(H,15,16)(H2,11,12,17). The van der Waals surface area contributed by atoms with Crippen LogP contribution in [0.3, 0.4) is 0 Å². The summed E-state index contributed by atoms with van der Waals surface area (Å²) >= 11 is 0. The number of urea groups is 1. The maximum absolute atomic E-state index is 11.2. The van der Waals surface area contributed by atoms with Gasteiger partial charge in [-0.3, -0.25) is 9.59 Å². The van der Waals surface area contributed by atoms with E-state index in [9.17, 15) is 14.4 Å². The lowest BCUT2D eigenvalue weighted by atomic mass is 10.3. The van der Waals surface area contributed by atoms with Gasteiger partial charge in [0.15, 0.2) is 0 Å². The van der Waals surface area contributed by atoms with Crippen molar-refractivity contribution < 1.29 is 19.5 Å². The van der Waals surface area contributed by atoms with Crippen LogP contribution in [0.25, 0.3) is 0 Å². The van der Waals surface area contributed by atoms with E-state index in [2.05, 4.69) is 16.0 Å². The lowest BCUT2D eigenvalue weighted by Gasteiger charge is -2.09. The zero-order chi connectivity index (χ0) is 13.3. The predicted molar refractivity (Wildman–Crippen MR) is 61.5 cm³/mol. The summed E-state index contributed by atoms with van der Waals surface area (Å²) in [7, 11) is 0. The fourth-order valence-corrected chi connectivity index (χ4v) is 1.03. The number of carboxylic acids is 1. The summed E-state index contributed by atoms with van der Waals surface area (Å²) < 4.78 is 0. The number of hydrogen-bond acceptors (Lipinski definition) is 3. The van der Waals surface area contributed by atoms with E-state index in [0.29, 0.717) is 0 Å². The Morgan fingerprint density at radius 2 is 1.59 bits per heavy atom. The summed E-state index contributed by atoms with van der Waals surface area (Å²) in [5, 5.41) is 15.8. The van der Waals surface area contributed by atoms with Gasteiger partial charge in [0.2, 0.25) is 5.91 Å². The van der Waals surface area contributed by atoms with Crippen molar-refractivity contribution in [1.82, 2.24) is 16.0 Å². The van der Waals surface area contributed by atoms with Crippen LogP contribution in [0.15, 0.2) is 0 Å². The van der Waals surface area contributed by atoms with Gasteiger partial charge in [-0.15, -0.1) is 0 Å². The average Bonchev–Trinajstić information content (AvgIpc) is 2.15. The van der Waals surface area contributed by atoms with Crippen molar-refractivity contribution in [2.24, 2.45) is 0 Å². The lowest BCUT2D eigenvalue weighted by Crippen LogP contribution is -2.39. The van der Waals surface area contributed by atoms with Crippen LogP contribution in [0.4, 0.5) is 4.79 Å². The highest BCUT2D eigenvalue weighted by atomic mass is 16.4. The van der Waals surface area contributed by atoms with Crippen molar-refractivity contribution in [1.29, 1.82) is 0 Å². The van der Waals surface area contributed by atoms with Crippen molar-refractivity contribution in [3.05, 3.63) is 0 Å². The fraction of sp³-hybridized carbons (Fsp3) is 0.700. The summed E-state index contributed by atoms with van der Waals surface area (Å²) in [5.41, 5.74) is 0. The highest BCUT2D eigenvalue weighted by Crippen LogP contribution is 1.82. The lowest BCUT2D eigenvalue weighted by molar-refractivity contribution is -0.136. The fourth-order valence-electron chi connectivity index (χ4n) is 1.03. The number of carbonyl (C=O) groups is 3. The molecule has 0 fully saturated rings. The molecule has 0 aliphatic rings. The number of carboxylic acid groups (broad SMARTS) is 1. The normalized spacial score (nSPS) is 9.82. The van der Waals surface area contributed by atoms with Gasteiger partial charge in [0.1, 0.15) is 0 Å². The number of aliphatic carboxylic acids is 1. The highest BCUT2D eigenvalue weighted by molar-refractivity contribution is 5.78. The van der Waals surface area contributed by atoms with Crippen molar-refractivity contribution in [2.75, 3.05) is 13.1 Å². The minimum absolute atomic E-state index is 0.0688. The molecule has 0 aromatic carbocycles. The number of nitrogens with one attached hydrogen (secondary N) is 3. The molecule has 0 aliphatic carbocycles. The summed E-state index contributed by atoms with van der Waals surface area (Å²) in [4.78, 5) is 32.4. The monoisotopic (exact) mass is 245 g/mol. The maximum atomic E-state index is 11.2. The van der Waals surface area contributed by atoms with Gasteiger partial charge < -0.3 is 21.1 Å². The molecule has 0 aromatic rings. The van der Waals surface area contributed by atoms with Crippen LogP contribution < -0.4 is 16.0 Å². The molecule has 0 bridgehead atoms. The Morgan fingerprint density at radius 1 is 1.06 bits per heavy atom. The van der Waals surface area contributed by atoms with Gasteiger partial charge in [0, 0.05) is 25.6 Å². The Labute approximate surface area is 100.0 Å². The Hall–Kier alpha value is -1.79. The largest absolute Gasteiger partial charge is 0.481 e. The molecule has 0 saturated heterocycles. The van der Waals surface area contributed by atoms with Crippen molar-refractivity contribution in [3.8, 4) is 0 Å². The maximum Gasteiger partial charge on any atom is 0.314 e. The van der Waals surface area contributed by atoms with E-state index in [4.69, 9.17) is 5.11 Å². The molecule has 7 nitrogen and oxygen atoms in total. The van der Waals surface area contributed by atoms with Crippen LogP contribution in [-0.4, -0.2) is 42.1 Å². The second-order valence-corrected chi connectivity index (χ2v) is 3.80. The molecular formula is C10H19N3O4. The summed E-state index contributed by atoms with van der Waals surface area (Å²) in [6.45, 7) is 3.99. The third-order valence-electron chi connectivity index (χ3n) is 1.71. The first-order valence-corrected chi connectivity index (χ1v) is 5.44. The molecule has 0 aliphatic heterocycles. The van der Waals surface area contributed by atoms with E-state index in [0.717, 1.165) is 0 Å². The van der Waals surface area contributed by atoms with Gasteiger partial charge in [0.25, 0.3) is 0 Å². The molecule has 0 atom stereocenters. The molecule has 0 spiro atoms. The summed E-state index contributed by atoms with van der Waals surface area (Å²) in [6.07, 6.45) is 0.0752. The smallest absolute Gasteiger partial charge is 0.314 e. The molecule has 98 valence electrons. The molecule has 0 radical (unpaired) electrons. The van der Waals surface area contributed by atoms with Gasteiger partial charge in [-0.05, 0) is 13.8 Å². The van der Waals surface area contributed by atoms with Crippen LogP contribution in [0.5, 0.6) is 0 Å². The molecule has 0 unspecified atom stereocenters. The number of carbonyl (C=O) groups excluding carboxylic acids is 2. The first-order chi connectivity index (χ1) is 7.91. The topological polar surface area (TPSA) is 108 Å². The van der Waals surface area contributed by atoms with Crippen LogP contribution in [0.1, 0.15) is 26.7 Å². The molecule has 17 heavy (non-hydrogen) atoms. The van der Waals surface area contributed by atoms with Gasteiger partial charge in [0.05, 0.1) is 6.42 Å². The molecule has 3 amide bonds. The van der Waals surface area contributed by atoms with E-state index in [1.54, 1.807) is 0 Å². The zero-order valence-corrected chi connectivity index (χ0v) is 10.1. The summed E-state index contributed by atoms with van der Waals surface area (Å²) in [6, 6.07) is -0.393. The molecule has 7 heteroatoms. The zero-order valence-electron chi connectivity index (χ0n) is 10.1. The highest BCUT2D eigenvalue weighted by Gasteiger charge is 2.05. The van der Waals surface area contributed by atoms with E-state index < -0.39 is 12.0 Å². The predicted octanol–water partition coefficient (Wildman–Crippen LogP) is -0.325. The Bertz CT molecular complexity index is 279. The Balaban J connectivity index is 3.51. The van der Waals surface area contributed by atoms with E-state index in [-0.39, 0.29) is 37.9 Å². The first kappa shape index (κ1) is 15.2. The molecule has 0 rings (SSSR count). The third kappa shape index (κ3) is 10.5. The molecule has 0 heterocycles. The SMILES string of the molecule is CC(C)NC(=O)CCNC(=O)NCCC(=O)O. The van der Waals surface area contributed by atoms with E-state index in [1.165, 1.54) is 0 Å². The molecule has 4 N–H and O–H groups in total. The second kappa shape index (κ2) is 8.37. The second-order valence-electron chi connectivity index (χ2n) is 3.80. The molecular weight excluding hydrogens is 226 g/mol.